The summed E-state index contributed by atoms with van der Waals surface area (Å²) in [5.74, 6) is 2.50. The molecule has 0 aromatic rings. The Labute approximate surface area is 226 Å². The fraction of sp³-hybridized carbons (Fsp3) is 1.00. The van der Waals surface area contributed by atoms with Crippen molar-refractivity contribution in [2.24, 2.45) is 0 Å². The Kier molecular flexibility index (Phi) is 27.9. The van der Waals surface area contributed by atoms with Gasteiger partial charge in [-0.05, 0) is 12.8 Å². The molecule has 0 saturated heterocycles. The van der Waals surface area contributed by atoms with Crippen LogP contribution in [0.15, 0.2) is 0 Å². The van der Waals surface area contributed by atoms with Crippen molar-refractivity contribution in [1.29, 1.82) is 0 Å². The van der Waals surface area contributed by atoms with Crippen molar-refractivity contribution >= 4 is 39.2 Å². The molecule has 0 aromatic heterocycles. The van der Waals surface area contributed by atoms with Gasteiger partial charge in [-0.25, -0.2) is 0 Å². The second-order valence-corrected chi connectivity index (χ2v) is 19.8. The number of methoxy groups -OCH3 is 2. The monoisotopic (exact) mass is 550 g/mol. The molecule has 0 saturated carbocycles. The van der Waals surface area contributed by atoms with E-state index in [-0.39, 0.29) is 0 Å². The average Bonchev–Trinajstić information content (AvgIpc) is 2.85. The molecular weight excluding hydrogens is 489 g/mol. The zero-order chi connectivity index (χ0) is 25.3. The van der Waals surface area contributed by atoms with Gasteiger partial charge in [0.05, 0.1) is 17.6 Å². The Hall–Kier alpha value is 1.05. The lowest BCUT2D eigenvalue weighted by Gasteiger charge is -2.26. The number of hydrogen-bond donors (Lipinski definition) is 0. The molecular formula is C28H62O2S2Si2. The zero-order valence-corrected chi connectivity index (χ0v) is 28.0. The first kappa shape index (κ1) is 35.1. The summed E-state index contributed by atoms with van der Waals surface area (Å²) in [5, 5.41) is 0. The molecule has 0 N–H and O–H groups in total. The van der Waals surface area contributed by atoms with Crippen LogP contribution in [0.1, 0.15) is 118 Å². The summed E-state index contributed by atoms with van der Waals surface area (Å²) in [6.45, 7) is 9.30. The van der Waals surface area contributed by atoms with Gasteiger partial charge in [-0.2, -0.15) is 0 Å². The van der Waals surface area contributed by atoms with E-state index < -0.39 is 17.6 Å². The smallest absolute Gasteiger partial charge is 0.0717 e. The molecule has 0 radical (unpaired) electrons. The number of unbranched alkanes of at least 4 members (excludes halogenated alkanes) is 8. The van der Waals surface area contributed by atoms with Crippen LogP contribution in [0.4, 0.5) is 0 Å². The largest absolute Gasteiger partial charge is 0.385 e. The van der Waals surface area contributed by atoms with Crippen molar-refractivity contribution in [3.05, 3.63) is 0 Å². The van der Waals surface area contributed by atoms with Crippen LogP contribution in [0.25, 0.3) is 0 Å². The molecule has 0 aliphatic carbocycles. The Morgan fingerprint density at radius 2 is 0.794 bits per heavy atom. The van der Waals surface area contributed by atoms with Crippen molar-refractivity contribution in [3.63, 3.8) is 0 Å². The van der Waals surface area contributed by atoms with Crippen molar-refractivity contribution in [2.75, 3.05) is 25.7 Å². The fourth-order valence-corrected chi connectivity index (χ4v) is 15.2. The zero-order valence-electron chi connectivity index (χ0n) is 24.1. The molecule has 0 aliphatic heterocycles. The van der Waals surface area contributed by atoms with Crippen LogP contribution in [-0.2, 0) is 9.47 Å². The summed E-state index contributed by atoms with van der Waals surface area (Å²) in [6, 6.07) is 5.97. The van der Waals surface area contributed by atoms with E-state index in [0.717, 1.165) is 0 Å². The fourth-order valence-electron chi connectivity index (χ4n) is 5.20. The quantitative estimate of drug-likeness (QED) is 0.0575. The first-order chi connectivity index (χ1) is 16.7. The van der Waals surface area contributed by atoms with Crippen LogP contribution < -0.4 is 0 Å². The molecule has 34 heavy (non-hydrogen) atoms. The molecule has 2 unspecified atom stereocenters. The third-order valence-electron chi connectivity index (χ3n) is 7.43. The standard InChI is InChI=1S/C28H62O2S2Si2/c1-7-11-15-23-33(24-16-12-8-2)27(29-5)19-21-31-32-22-20-28(30-6)34(25-17-13-9-3)26-18-14-10-4/h27-28,33-34H,7-26H2,1-6H3. The highest BCUT2D eigenvalue weighted by molar-refractivity contribution is 8.76. The molecule has 206 valence electrons. The third kappa shape index (κ3) is 19.2. The highest BCUT2D eigenvalue weighted by Crippen LogP contribution is 2.28. The summed E-state index contributed by atoms with van der Waals surface area (Å²) in [6.07, 6.45) is 19.2. The van der Waals surface area contributed by atoms with Crippen molar-refractivity contribution in [1.82, 2.24) is 0 Å². The number of rotatable bonds is 27. The van der Waals surface area contributed by atoms with Gasteiger partial charge in [0, 0.05) is 37.2 Å². The first-order valence-corrected chi connectivity index (χ1v) is 22.1. The molecule has 6 heteroatoms. The topological polar surface area (TPSA) is 18.5 Å². The molecule has 0 aliphatic rings. The Morgan fingerprint density at radius 3 is 1.03 bits per heavy atom. The first-order valence-electron chi connectivity index (χ1n) is 15.0. The summed E-state index contributed by atoms with van der Waals surface area (Å²) < 4.78 is 12.2. The van der Waals surface area contributed by atoms with Crippen LogP contribution in [0.5, 0.6) is 0 Å². The predicted molar refractivity (Wildman–Crippen MR) is 167 cm³/mol. The van der Waals surface area contributed by atoms with E-state index in [9.17, 15) is 0 Å². The average molecular weight is 551 g/mol. The van der Waals surface area contributed by atoms with Crippen LogP contribution >= 0.6 is 21.6 Å². The molecule has 0 spiro atoms. The molecule has 0 amide bonds. The van der Waals surface area contributed by atoms with Gasteiger partial charge in [-0.1, -0.05) is 151 Å². The van der Waals surface area contributed by atoms with Gasteiger partial charge in [0.1, 0.15) is 0 Å². The van der Waals surface area contributed by atoms with Crippen LogP contribution in [0.3, 0.4) is 0 Å². The van der Waals surface area contributed by atoms with Gasteiger partial charge in [-0.3, -0.25) is 0 Å². The molecule has 0 bridgehead atoms. The van der Waals surface area contributed by atoms with Crippen LogP contribution in [0.2, 0.25) is 24.2 Å². The maximum atomic E-state index is 6.09. The SMILES string of the molecule is CCCCC[SiH](CCCCC)C(CCSSCCC(OC)[SiH](CCCCC)CCCCC)OC. The van der Waals surface area contributed by atoms with E-state index in [1.54, 1.807) is 0 Å². The highest BCUT2D eigenvalue weighted by atomic mass is 33.1. The lowest BCUT2D eigenvalue weighted by atomic mass is 10.3. The molecule has 0 rings (SSSR count). The van der Waals surface area contributed by atoms with Crippen molar-refractivity contribution in [3.8, 4) is 0 Å². The molecule has 0 aromatic carbocycles. The molecule has 0 fully saturated rings. The molecule has 2 nitrogen and oxygen atoms in total. The van der Waals surface area contributed by atoms with Gasteiger partial charge in [-0.15, -0.1) is 0 Å². The van der Waals surface area contributed by atoms with Crippen LogP contribution in [-0.4, -0.2) is 54.8 Å². The van der Waals surface area contributed by atoms with E-state index in [4.69, 9.17) is 9.47 Å². The minimum atomic E-state index is -0.793. The summed E-state index contributed by atoms with van der Waals surface area (Å²) >= 11 is 0. The van der Waals surface area contributed by atoms with E-state index in [1.165, 1.54) is 126 Å². The van der Waals surface area contributed by atoms with Gasteiger partial charge in [0.2, 0.25) is 0 Å². The van der Waals surface area contributed by atoms with Crippen LogP contribution in [0, 0.1) is 0 Å². The maximum Gasteiger partial charge on any atom is 0.0717 e. The highest BCUT2D eigenvalue weighted by Gasteiger charge is 2.23. The summed E-state index contributed by atoms with van der Waals surface area (Å²) in [7, 11) is 6.57. The predicted octanol–water partition coefficient (Wildman–Crippen LogP) is 9.47. The number of ether oxygens (including phenoxy) is 2. The van der Waals surface area contributed by atoms with E-state index in [2.05, 4.69) is 49.3 Å². The minimum absolute atomic E-state index is 0.586. The number of hydrogen-bond acceptors (Lipinski definition) is 4. The lowest BCUT2D eigenvalue weighted by Crippen LogP contribution is -2.33. The summed E-state index contributed by atoms with van der Waals surface area (Å²) in [5.41, 5.74) is 1.17. The van der Waals surface area contributed by atoms with E-state index in [1.807, 2.05) is 14.2 Å². The Balaban J connectivity index is 4.39. The minimum Gasteiger partial charge on any atom is -0.385 e. The van der Waals surface area contributed by atoms with Crippen molar-refractivity contribution < 1.29 is 9.47 Å². The maximum absolute atomic E-state index is 6.09. The van der Waals surface area contributed by atoms with Gasteiger partial charge in [0.25, 0.3) is 0 Å². The van der Waals surface area contributed by atoms with Crippen molar-refractivity contribution in [2.45, 2.75) is 153 Å². The normalized spacial score (nSPS) is 13.8. The Bertz CT molecular complexity index is 349. The molecule has 0 heterocycles. The second-order valence-electron chi connectivity index (χ2n) is 10.3. The lowest BCUT2D eigenvalue weighted by molar-refractivity contribution is 0.157. The van der Waals surface area contributed by atoms with Gasteiger partial charge in [0.15, 0.2) is 0 Å². The second kappa shape index (κ2) is 27.1. The third-order valence-corrected chi connectivity index (χ3v) is 17.8. The van der Waals surface area contributed by atoms with Gasteiger partial charge >= 0.3 is 0 Å². The van der Waals surface area contributed by atoms with E-state index in [0.29, 0.717) is 11.5 Å². The summed E-state index contributed by atoms with van der Waals surface area (Å²) in [4.78, 5) is 0. The molecule has 2 atom stereocenters. The Morgan fingerprint density at radius 1 is 0.500 bits per heavy atom. The van der Waals surface area contributed by atoms with E-state index >= 15 is 0 Å². The van der Waals surface area contributed by atoms with Gasteiger partial charge < -0.3 is 9.47 Å².